The van der Waals surface area contributed by atoms with Crippen LogP contribution in [0.2, 0.25) is 0 Å². The van der Waals surface area contributed by atoms with Crippen LogP contribution in [0, 0.1) is 11.3 Å². The lowest BCUT2D eigenvalue weighted by Crippen LogP contribution is -2.28. The fourth-order valence-corrected chi connectivity index (χ4v) is 1.55. The molecule has 20 heavy (non-hydrogen) atoms. The first-order valence-corrected chi connectivity index (χ1v) is 6.12. The van der Waals surface area contributed by atoms with Crippen molar-refractivity contribution in [2.45, 2.75) is 13.0 Å². The zero-order valence-corrected chi connectivity index (χ0v) is 10.9. The van der Waals surface area contributed by atoms with Crippen molar-refractivity contribution >= 4 is 5.97 Å². The molecule has 0 fully saturated rings. The molecule has 2 aromatic carbocycles. The van der Waals surface area contributed by atoms with Crippen molar-refractivity contribution < 1.29 is 14.3 Å². The summed E-state index contributed by atoms with van der Waals surface area (Å²) in [6.45, 7) is 1.61. The van der Waals surface area contributed by atoms with Gasteiger partial charge in [0, 0.05) is 0 Å². The molecule has 0 aromatic heterocycles. The third kappa shape index (κ3) is 3.59. The van der Waals surface area contributed by atoms with E-state index in [4.69, 9.17) is 14.7 Å². The molecule has 0 saturated heterocycles. The average molecular weight is 267 g/mol. The van der Waals surface area contributed by atoms with E-state index in [1.807, 2.05) is 12.1 Å². The highest BCUT2D eigenvalue weighted by Crippen LogP contribution is 2.15. The third-order valence-electron chi connectivity index (χ3n) is 2.59. The molecule has 1 atom stereocenters. The normalized spacial score (nSPS) is 11.2. The van der Waals surface area contributed by atoms with Crippen molar-refractivity contribution in [1.82, 2.24) is 0 Å². The number of carbonyl (C=O) groups is 1. The molecule has 4 nitrogen and oxygen atoms in total. The van der Waals surface area contributed by atoms with E-state index in [2.05, 4.69) is 0 Å². The average Bonchev–Trinajstić information content (AvgIpc) is 2.49. The fourth-order valence-electron chi connectivity index (χ4n) is 1.55. The summed E-state index contributed by atoms with van der Waals surface area (Å²) in [5, 5.41) is 8.70. The predicted octanol–water partition coefficient (Wildman–Crippen LogP) is 2.93. The van der Waals surface area contributed by atoms with Crippen molar-refractivity contribution in [1.29, 1.82) is 5.26 Å². The Balaban J connectivity index is 1.95. The summed E-state index contributed by atoms with van der Waals surface area (Å²) < 4.78 is 10.6. The maximum atomic E-state index is 11.8. The van der Waals surface area contributed by atoms with E-state index < -0.39 is 12.1 Å². The van der Waals surface area contributed by atoms with Crippen LogP contribution in [0.3, 0.4) is 0 Å². The molecule has 0 radical (unpaired) electrons. The first kappa shape index (κ1) is 13.6. The Morgan fingerprint density at radius 2 is 1.70 bits per heavy atom. The van der Waals surface area contributed by atoms with Gasteiger partial charge in [0.05, 0.1) is 11.6 Å². The molecule has 100 valence electrons. The number of benzene rings is 2. The van der Waals surface area contributed by atoms with Gasteiger partial charge in [-0.05, 0) is 43.3 Å². The quantitative estimate of drug-likeness (QED) is 0.631. The molecular weight excluding hydrogens is 254 g/mol. The van der Waals surface area contributed by atoms with Crippen LogP contribution < -0.4 is 9.47 Å². The largest absolute Gasteiger partial charge is 0.479 e. The summed E-state index contributed by atoms with van der Waals surface area (Å²) in [7, 11) is 0. The van der Waals surface area contributed by atoms with E-state index in [1.165, 1.54) is 0 Å². The molecule has 2 aromatic rings. The molecule has 0 heterocycles. The third-order valence-corrected chi connectivity index (χ3v) is 2.59. The second kappa shape index (κ2) is 6.39. The number of hydrogen-bond donors (Lipinski definition) is 0. The summed E-state index contributed by atoms with van der Waals surface area (Å²) in [6, 6.07) is 17.4. The number of carbonyl (C=O) groups excluding carboxylic acids is 1. The molecule has 0 aliphatic carbocycles. The lowest BCUT2D eigenvalue weighted by atomic mass is 10.2. The molecule has 0 N–H and O–H groups in total. The summed E-state index contributed by atoms with van der Waals surface area (Å²) in [4.78, 5) is 11.8. The van der Waals surface area contributed by atoms with Gasteiger partial charge in [-0.25, -0.2) is 4.79 Å². The highest BCUT2D eigenvalue weighted by atomic mass is 16.6. The highest BCUT2D eigenvalue weighted by Gasteiger charge is 2.17. The molecule has 0 amide bonds. The molecular formula is C16H13NO3. The van der Waals surface area contributed by atoms with E-state index in [0.29, 0.717) is 17.1 Å². The Morgan fingerprint density at radius 3 is 2.30 bits per heavy atom. The monoisotopic (exact) mass is 267 g/mol. The van der Waals surface area contributed by atoms with Gasteiger partial charge in [-0.3, -0.25) is 0 Å². The van der Waals surface area contributed by atoms with Gasteiger partial charge in [-0.15, -0.1) is 0 Å². The van der Waals surface area contributed by atoms with E-state index in [0.717, 1.165) is 0 Å². The number of nitrogens with zero attached hydrogens (tertiary/aromatic N) is 1. The van der Waals surface area contributed by atoms with Gasteiger partial charge in [0.25, 0.3) is 0 Å². The van der Waals surface area contributed by atoms with Crippen LogP contribution >= 0.6 is 0 Å². The summed E-state index contributed by atoms with van der Waals surface area (Å²) in [5.74, 6) is 0.523. The summed E-state index contributed by atoms with van der Waals surface area (Å²) in [5.41, 5.74) is 0.539. The number of hydrogen-bond acceptors (Lipinski definition) is 4. The first-order valence-electron chi connectivity index (χ1n) is 6.12. The zero-order valence-electron chi connectivity index (χ0n) is 10.9. The minimum atomic E-state index is -0.733. The van der Waals surface area contributed by atoms with Crippen LogP contribution in [0.15, 0.2) is 54.6 Å². The van der Waals surface area contributed by atoms with E-state index in [1.54, 1.807) is 55.5 Å². The van der Waals surface area contributed by atoms with Gasteiger partial charge < -0.3 is 9.47 Å². The Labute approximate surface area is 117 Å². The number of rotatable bonds is 4. The van der Waals surface area contributed by atoms with Crippen LogP contribution in [0.4, 0.5) is 0 Å². The maximum absolute atomic E-state index is 11.8. The van der Waals surface area contributed by atoms with E-state index in [9.17, 15) is 4.79 Å². The fraction of sp³-hybridized carbons (Fsp3) is 0.125. The highest BCUT2D eigenvalue weighted by molar-refractivity contribution is 5.77. The number of esters is 1. The van der Waals surface area contributed by atoms with E-state index in [-0.39, 0.29) is 0 Å². The predicted molar refractivity (Wildman–Crippen MR) is 73.3 cm³/mol. The molecule has 2 rings (SSSR count). The zero-order chi connectivity index (χ0) is 14.4. The van der Waals surface area contributed by atoms with Crippen molar-refractivity contribution in [2.75, 3.05) is 0 Å². The number of para-hydroxylation sites is 1. The second-order valence-electron chi connectivity index (χ2n) is 4.13. The topological polar surface area (TPSA) is 59.3 Å². The standard InChI is InChI=1S/C16H13NO3/c1-12(16(18)20-14-5-3-2-4-6-14)19-15-9-7-13(11-17)8-10-15/h2-10,12H,1H3. The molecule has 0 aliphatic heterocycles. The minimum absolute atomic E-state index is 0.472. The van der Waals surface area contributed by atoms with Crippen molar-refractivity contribution in [3.05, 3.63) is 60.2 Å². The Hall–Kier alpha value is -2.80. The van der Waals surface area contributed by atoms with Crippen LogP contribution in [0.25, 0.3) is 0 Å². The Morgan fingerprint density at radius 1 is 1.05 bits per heavy atom. The number of ether oxygens (including phenoxy) is 2. The number of nitriles is 1. The SMILES string of the molecule is CC(Oc1ccc(C#N)cc1)C(=O)Oc1ccccc1. The first-order chi connectivity index (χ1) is 9.69. The molecule has 1 unspecified atom stereocenters. The van der Waals surface area contributed by atoms with Gasteiger partial charge in [-0.1, -0.05) is 18.2 Å². The van der Waals surface area contributed by atoms with Crippen molar-refractivity contribution in [2.24, 2.45) is 0 Å². The van der Waals surface area contributed by atoms with Crippen LogP contribution in [0.5, 0.6) is 11.5 Å². The van der Waals surface area contributed by atoms with Gasteiger partial charge in [0.15, 0.2) is 6.10 Å². The Bertz CT molecular complexity index is 614. The molecule has 0 aliphatic rings. The lowest BCUT2D eigenvalue weighted by molar-refractivity contribution is -0.141. The van der Waals surface area contributed by atoms with Crippen LogP contribution in [0.1, 0.15) is 12.5 Å². The minimum Gasteiger partial charge on any atom is -0.479 e. The van der Waals surface area contributed by atoms with Crippen LogP contribution in [-0.4, -0.2) is 12.1 Å². The van der Waals surface area contributed by atoms with Crippen molar-refractivity contribution in [3.63, 3.8) is 0 Å². The van der Waals surface area contributed by atoms with Crippen LogP contribution in [-0.2, 0) is 4.79 Å². The summed E-state index contributed by atoms with van der Waals surface area (Å²) in [6.07, 6.45) is -0.733. The van der Waals surface area contributed by atoms with E-state index >= 15 is 0 Å². The molecule has 0 saturated carbocycles. The molecule has 4 heteroatoms. The van der Waals surface area contributed by atoms with Crippen molar-refractivity contribution in [3.8, 4) is 17.6 Å². The lowest BCUT2D eigenvalue weighted by Gasteiger charge is -2.13. The molecule has 0 bridgehead atoms. The van der Waals surface area contributed by atoms with Gasteiger partial charge in [0.2, 0.25) is 0 Å². The smallest absolute Gasteiger partial charge is 0.352 e. The summed E-state index contributed by atoms with van der Waals surface area (Å²) >= 11 is 0. The van der Waals surface area contributed by atoms with Gasteiger partial charge >= 0.3 is 5.97 Å². The Kier molecular flexibility index (Phi) is 4.35. The van der Waals surface area contributed by atoms with Gasteiger partial charge in [0.1, 0.15) is 11.5 Å². The molecule has 0 spiro atoms. The second-order valence-corrected chi connectivity index (χ2v) is 4.13. The maximum Gasteiger partial charge on any atom is 0.352 e. The van der Waals surface area contributed by atoms with Gasteiger partial charge in [-0.2, -0.15) is 5.26 Å².